The molecule has 0 unspecified atom stereocenters. The molecule has 2 N–H and O–H groups in total. The first-order valence-corrected chi connectivity index (χ1v) is 12.6. The predicted molar refractivity (Wildman–Crippen MR) is 127 cm³/mol. The molecule has 9 heteroatoms. The maximum atomic E-state index is 12.8. The largest absolute Gasteiger partial charge is 0.484 e. The minimum Gasteiger partial charge on any atom is -0.484 e. The fourth-order valence-corrected chi connectivity index (χ4v) is 5.06. The van der Waals surface area contributed by atoms with E-state index in [0.717, 1.165) is 12.8 Å². The lowest BCUT2D eigenvalue weighted by molar-refractivity contribution is -0.134. The van der Waals surface area contributed by atoms with Crippen molar-refractivity contribution in [1.82, 2.24) is 9.62 Å². The second-order valence-corrected chi connectivity index (χ2v) is 9.90. The van der Waals surface area contributed by atoms with Gasteiger partial charge in [0.2, 0.25) is 15.9 Å². The number of anilines is 1. The van der Waals surface area contributed by atoms with Crippen LogP contribution in [0.3, 0.4) is 0 Å². The van der Waals surface area contributed by atoms with Crippen LogP contribution in [0.15, 0.2) is 53.4 Å². The number of sulfonamides is 1. The van der Waals surface area contributed by atoms with E-state index in [1.54, 1.807) is 30.9 Å². The number of benzene rings is 2. The van der Waals surface area contributed by atoms with Gasteiger partial charge in [-0.1, -0.05) is 25.1 Å². The molecule has 1 aliphatic rings. The smallest absolute Gasteiger partial charge is 0.260 e. The Bertz CT molecular complexity index is 1060. The fourth-order valence-electron chi connectivity index (χ4n) is 3.72. The monoisotopic (exact) mass is 473 g/mol. The molecule has 0 radical (unpaired) electrons. The Hall–Kier alpha value is -2.91. The number of likely N-dealkylation sites (tertiary alicyclic amines) is 1. The van der Waals surface area contributed by atoms with E-state index in [-0.39, 0.29) is 29.2 Å². The van der Waals surface area contributed by atoms with Crippen molar-refractivity contribution >= 4 is 27.5 Å². The van der Waals surface area contributed by atoms with Gasteiger partial charge in [-0.15, -0.1) is 0 Å². The van der Waals surface area contributed by atoms with Gasteiger partial charge in [0.1, 0.15) is 5.75 Å². The van der Waals surface area contributed by atoms with Crippen molar-refractivity contribution in [1.29, 1.82) is 0 Å². The summed E-state index contributed by atoms with van der Waals surface area (Å²) in [7, 11) is -3.67. The summed E-state index contributed by atoms with van der Waals surface area (Å²) in [5.74, 6) is 0.622. The van der Waals surface area contributed by atoms with Gasteiger partial charge in [0.25, 0.3) is 5.91 Å². The summed E-state index contributed by atoms with van der Waals surface area (Å²) in [6.45, 7) is 4.93. The molecular weight excluding hydrogens is 442 g/mol. The zero-order valence-corrected chi connectivity index (χ0v) is 19.9. The third-order valence-corrected chi connectivity index (χ3v) is 7.29. The Morgan fingerprint density at radius 3 is 2.42 bits per heavy atom. The van der Waals surface area contributed by atoms with Crippen LogP contribution in [0.5, 0.6) is 5.75 Å². The van der Waals surface area contributed by atoms with Crippen molar-refractivity contribution in [3.63, 3.8) is 0 Å². The first-order chi connectivity index (χ1) is 15.8. The van der Waals surface area contributed by atoms with Gasteiger partial charge < -0.3 is 15.0 Å². The number of rotatable bonds is 9. The lowest BCUT2D eigenvalue weighted by Crippen LogP contribution is -2.43. The van der Waals surface area contributed by atoms with E-state index in [9.17, 15) is 18.0 Å². The van der Waals surface area contributed by atoms with Gasteiger partial charge in [0, 0.05) is 31.7 Å². The Kier molecular flexibility index (Phi) is 8.46. The van der Waals surface area contributed by atoms with E-state index >= 15 is 0 Å². The SMILES string of the molecule is CCC(=O)Nc1ccc(S(=O)(=O)NCC2CCN(C(=O)COc3ccccc3)CC2)c(C)c1. The van der Waals surface area contributed by atoms with Crippen molar-refractivity contribution in [3.8, 4) is 5.75 Å². The number of carbonyl (C=O) groups is 2. The van der Waals surface area contributed by atoms with Gasteiger partial charge in [0.15, 0.2) is 6.61 Å². The Morgan fingerprint density at radius 1 is 1.09 bits per heavy atom. The molecule has 0 saturated carbocycles. The number of ether oxygens (including phenoxy) is 1. The van der Waals surface area contributed by atoms with Crippen LogP contribution < -0.4 is 14.8 Å². The number of nitrogens with one attached hydrogen (secondary N) is 2. The van der Waals surface area contributed by atoms with Crippen LogP contribution in [0.2, 0.25) is 0 Å². The van der Waals surface area contributed by atoms with Crippen molar-refractivity contribution in [2.75, 3.05) is 31.6 Å². The molecule has 0 atom stereocenters. The summed E-state index contributed by atoms with van der Waals surface area (Å²) in [4.78, 5) is 25.9. The first-order valence-electron chi connectivity index (χ1n) is 11.1. The number of carbonyl (C=O) groups excluding carboxylic acids is 2. The van der Waals surface area contributed by atoms with Crippen molar-refractivity contribution in [2.24, 2.45) is 5.92 Å². The number of nitrogens with zero attached hydrogens (tertiary/aromatic N) is 1. The lowest BCUT2D eigenvalue weighted by Gasteiger charge is -2.32. The van der Waals surface area contributed by atoms with Crippen molar-refractivity contribution in [3.05, 3.63) is 54.1 Å². The van der Waals surface area contributed by atoms with Gasteiger partial charge in [-0.25, -0.2) is 13.1 Å². The summed E-state index contributed by atoms with van der Waals surface area (Å²) in [6.07, 6.45) is 1.80. The highest BCUT2D eigenvalue weighted by atomic mass is 32.2. The minimum absolute atomic E-state index is 0.00467. The van der Waals surface area contributed by atoms with Crippen LogP contribution >= 0.6 is 0 Å². The number of hydrogen-bond donors (Lipinski definition) is 2. The van der Waals surface area contributed by atoms with Gasteiger partial charge in [0.05, 0.1) is 4.90 Å². The van der Waals surface area contributed by atoms with Crippen LogP contribution in [-0.2, 0) is 19.6 Å². The van der Waals surface area contributed by atoms with E-state index < -0.39 is 10.0 Å². The molecule has 1 fully saturated rings. The normalized spacial score (nSPS) is 14.7. The third-order valence-electron chi connectivity index (χ3n) is 5.70. The summed E-state index contributed by atoms with van der Waals surface area (Å²) >= 11 is 0. The highest BCUT2D eigenvalue weighted by molar-refractivity contribution is 7.89. The minimum atomic E-state index is -3.67. The zero-order valence-electron chi connectivity index (χ0n) is 19.0. The third kappa shape index (κ3) is 7.03. The molecule has 2 amide bonds. The van der Waals surface area contributed by atoms with Crippen LogP contribution in [0.1, 0.15) is 31.7 Å². The molecule has 8 nitrogen and oxygen atoms in total. The fraction of sp³-hybridized carbons (Fsp3) is 0.417. The van der Waals surface area contributed by atoms with E-state index in [1.807, 2.05) is 30.3 Å². The van der Waals surface area contributed by atoms with Crippen molar-refractivity contribution < 1.29 is 22.7 Å². The van der Waals surface area contributed by atoms with E-state index in [2.05, 4.69) is 10.0 Å². The van der Waals surface area contributed by atoms with Crippen LogP contribution in [0.25, 0.3) is 0 Å². The highest BCUT2D eigenvalue weighted by Crippen LogP contribution is 2.22. The number of hydrogen-bond acceptors (Lipinski definition) is 5. The van der Waals surface area contributed by atoms with Gasteiger partial charge in [-0.2, -0.15) is 0 Å². The van der Waals surface area contributed by atoms with Gasteiger partial charge in [-0.3, -0.25) is 9.59 Å². The second-order valence-electron chi connectivity index (χ2n) is 8.16. The molecule has 0 aromatic heterocycles. The highest BCUT2D eigenvalue weighted by Gasteiger charge is 2.25. The molecule has 178 valence electrons. The van der Waals surface area contributed by atoms with E-state index in [1.165, 1.54) is 6.07 Å². The molecule has 33 heavy (non-hydrogen) atoms. The Labute approximate surface area is 195 Å². The quantitative estimate of drug-likeness (QED) is 0.583. The summed E-state index contributed by atoms with van der Waals surface area (Å²) in [5, 5.41) is 2.73. The van der Waals surface area contributed by atoms with Gasteiger partial charge in [-0.05, 0) is 61.6 Å². The molecule has 1 heterocycles. The maximum absolute atomic E-state index is 12.8. The van der Waals surface area contributed by atoms with Crippen molar-refractivity contribution in [2.45, 2.75) is 38.0 Å². The van der Waals surface area contributed by atoms with Crippen LogP contribution in [-0.4, -0.2) is 51.4 Å². The first kappa shape index (κ1) is 24.7. The zero-order chi connectivity index (χ0) is 23.8. The number of piperidine rings is 1. The topological polar surface area (TPSA) is 105 Å². The molecule has 0 spiro atoms. The summed E-state index contributed by atoms with van der Waals surface area (Å²) < 4.78 is 33.8. The standard InChI is InChI=1S/C24H31N3O5S/c1-3-23(28)26-20-9-10-22(18(2)15-20)33(30,31)25-16-19-11-13-27(14-12-19)24(29)17-32-21-7-5-4-6-8-21/h4-10,15,19,25H,3,11-14,16-17H2,1-2H3,(H,26,28). The summed E-state index contributed by atoms with van der Waals surface area (Å²) in [6, 6.07) is 14.0. The molecule has 0 aliphatic carbocycles. The molecule has 2 aromatic rings. The van der Waals surface area contributed by atoms with E-state index in [4.69, 9.17) is 4.74 Å². The number of aryl methyl sites for hydroxylation is 1. The maximum Gasteiger partial charge on any atom is 0.260 e. The van der Waals surface area contributed by atoms with Crippen LogP contribution in [0, 0.1) is 12.8 Å². The Morgan fingerprint density at radius 2 is 1.79 bits per heavy atom. The lowest BCUT2D eigenvalue weighted by atomic mass is 9.97. The average Bonchev–Trinajstić information content (AvgIpc) is 2.82. The van der Waals surface area contributed by atoms with E-state index in [0.29, 0.717) is 43.1 Å². The Balaban J connectivity index is 1.47. The second kappa shape index (κ2) is 11.3. The molecular formula is C24H31N3O5S. The molecule has 1 saturated heterocycles. The average molecular weight is 474 g/mol. The van der Waals surface area contributed by atoms with Crippen LogP contribution in [0.4, 0.5) is 5.69 Å². The van der Waals surface area contributed by atoms with Gasteiger partial charge >= 0.3 is 0 Å². The predicted octanol–water partition coefficient (Wildman–Crippen LogP) is 2.94. The number of para-hydroxylation sites is 1. The number of amides is 2. The molecule has 3 rings (SSSR count). The molecule has 1 aliphatic heterocycles. The molecule has 0 bridgehead atoms. The summed E-state index contributed by atoms with van der Waals surface area (Å²) in [5.41, 5.74) is 1.14. The molecule has 2 aromatic carbocycles.